The normalized spacial score (nSPS) is 18.0. The Morgan fingerprint density at radius 2 is 1.90 bits per heavy atom. The van der Waals surface area contributed by atoms with Crippen molar-refractivity contribution in [2.45, 2.75) is 31.4 Å². The van der Waals surface area contributed by atoms with E-state index in [4.69, 9.17) is 0 Å². The number of para-hydroxylation sites is 1. The number of amides is 1. The van der Waals surface area contributed by atoms with Gasteiger partial charge in [0.2, 0.25) is 5.91 Å². The van der Waals surface area contributed by atoms with E-state index in [1.807, 2.05) is 17.0 Å². The van der Waals surface area contributed by atoms with Crippen molar-refractivity contribution in [1.82, 2.24) is 19.1 Å². The Hall–Kier alpha value is -3.13. The van der Waals surface area contributed by atoms with Gasteiger partial charge in [-0.2, -0.15) is 5.10 Å². The highest BCUT2D eigenvalue weighted by molar-refractivity contribution is 5.82. The van der Waals surface area contributed by atoms with Crippen LogP contribution in [0, 0.1) is 0 Å². The fraction of sp³-hybridized carbons (Fsp3) is 0.409. The molecule has 1 amide bonds. The highest BCUT2D eigenvalue weighted by Crippen LogP contribution is 2.28. The van der Waals surface area contributed by atoms with E-state index in [0.29, 0.717) is 38.0 Å². The molecule has 0 radical (unpaired) electrons. The summed E-state index contributed by atoms with van der Waals surface area (Å²) in [5, 5.41) is 15.3. The summed E-state index contributed by atoms with van der Waals surface area (Å²) in [4.78, 5) is 29.4. The van der Waals surface area contributed by atoms with Gasteiger partial charge in [-0.25, -0.2) is 4.52 Å². The Morgan fingerprint density at radius 1 is 1.10 bits per heavy atom. The third kappa shape index (κ3) is 3.37. The average molecular weight is 407 g/mol. The van der Waals surface area contributed by atoms with Crippen LogP contribution in [0.3, 0.4) is 0 Å². The first-order valence-corrected chi connectivity index (χ1v) is 10.4. The van der Waals surface area contributed by atoms with Gasteiger partial charge in [0.05, 0.1) is 18.7 Å². The first-order chi connectivity index (χ1) is 14.5. The predicted octanol–water partition coefficient (Wildman–Crippen LogP) is 0.912. The SMILES string of the molecule is O=C(CN1CCc2ccccc21)N1CCC(O)(Cn2cnn3cccc3c2=O)CC1. The summed E-state index contributed by atoms with van der Waals surface area (Å²) in [6.45, 7) is 2.38. The molecule has 0 unspecified atom stereocenters. The number of anilines is 1. The summed E-state index contributed by atoms with van der Waals surface area (Å²) >= 11 is 0. The molecule has 0 atom stereocenters. The molecule has 3 aromatic rings. The summed E-state index contributed by atoms with van der Waals surface area (Å²) < 4.78 is 2.99. The molecule has 2 aromatic heterocycles. The van der Waals surface area contributed by atoms with Crippen molar-refractivity contribution in [2.24, 2.45) is 0 Å². The van der Waals surface area contributed by atoms with E-state index < -0.39 is 5.60 Å². The maximum absolute atomic E-state index is 12.8. The van der Waals surface area contributed by atoms with Crippen LogP contribution < -0.4 is 10.5 Å². The summed E-state index contributed by atoms with van der Waals surface area (Å²) in [5.41, 5.74) is 1.73. The Kier molecular flexibility index (Phi) is 4.58. The number of carbonyl (C=O) groups is 1. The number of carbonyl (C=O) groups excluding carboxylic acids is 1. The van der Waals surface area contributed by atoms with Crippen molar-refractivity contribution in [2.75, 3.05) is 31.1 Å². The number of fused-ring (bicyclic) bond motifs is 2. The molecule has 1 fully saturated rings. The average Bonchev–Trinajstić information content (AvgIpc) is 3.38. The van der Waals surface area contributed by atoms with Crippen LogP contribution in [0.25, 0.3) is 5.52 Å². The van der Waals surface area contributed by atoms with Gasteiger partial charge in [-0.1, -0.05) is 18.2 Å². The van der Waals surface area contributed by atoms with Crippen LogP contribution in [0.4, 0.5) is 5.69 Å². The van der Waals surface area contributed by atoms with Crippen molar-refractivity contribution in [1.29, 1.82) is 0 Å². The van der Waals surface area contributed by atoms with E-state index in [-0.39, 0.29) is 18.0 Å². The molecule has 2 aliphatic heterocycles. The van der Waals surface area contributed by atoms with Gasteiger partial charge >= 0.3 is 0 Å². The molecule has 156 valence electrons. The Bertz CT molecular complexity index is 1140. The van der Waals surface area contributed by atoms with Gasteiger partial charge in [0.1, 0.15) is 11.8 Å². The van der Waals surface area contributed by atoms with E-state index in [0.717, 1.165) is 18.7 Å². The minimum atomic E-state index is -1.02. The Morgan fingerprint density at radius 3 is 2.73 bits per heavy atom. The lowest BCUT2D eigenvalue weighted by Gasteiger charge is -2.39. The van der Waals surface area contributed by atoms with Crippen LogP contribution in [-0.2, 0) is 17.8 Å². The van der Waals surface area contributed by atoms with E-state index in [1.54, 1.807) is 18.3 Å². The van der Waals surface area contributed by atoms with Crippen molar-refractivity contribution in [3.05, 3.63) is 64.8 Å². The standard InChI is InChI=1S/C22H25N5O3/c28-20(14-25-11-7-17-4-1-2-5-18(17)25)24-12-8-22(30,9-13-24)15-26-16-23-27-10-3-6-19(27)21(26)29/h1-6,10,16,30H,7-9,11-15H2. The smallest absolute Gasteiger partial charge is 0.277 e. The Balaban J connectivity index is 1.22. The van der Waals surface area contributed by atoms with Gasteiger partial charge in [0.25, 0.3) is 5.56 Å². The molecule has 2 aliphatic rings. The molecule has 5 rings (SSSR count). The second-order valence-corrected chi connectivity index (χ2v) is 8.31. The molecule has 0 spiro atoms. The highest BCUT2D eigenvalue weighted by Gasteiger charge is 2.35. The monoisotopic (exact) mass is 407 g/mol. The fourth-order valence-electron chi connectivity index (χ4n) is 4.55. The van der Waals surface area contributed by atoms with Gasteiger partial charge in [0, 0.05) is 31.5 Å². The molecule has 4 heterocycles. The first kappa shape index (κ1) is 18.9. The molecule has 8 nitrogen and oxygen atoms in total. The van der Waals surface area contributed by atoms with E-state index in [9.17, 15) is 14.7 Å². The van der Waals surface area contributed by atoms with Crippen LogP contribution in [-0.4, -0.2) is 61.9 Å². The summed E-state index contributed by atoms with van der Waals surface area (Å²) in [6, 6.07) is 11.7. The zero-order valence-electron chi connectivity index (χ0n) is 16.8. The molecule has 8 heteroatoms. The lowest BCUT2D eigenvalue weighted by Crippen LogP contribution is -2.51. The largest absolute Gasteiger partial charge is 0.388 e. The second-order valence-electron chi connectivity index (χ2n) is 8.31. The minimum Gasteiger partial charge on any atom is -0.388 e. The molecule has 1 saturated heterocycles. The first-order valence-electron chi connectivity index (χ1n) is 10.4. The topological polar surface area (TPSA) is 83.1 Å². The molecular formula is C22H25N5O3. The van der Waals surface area contributed by atoms with Crippen molar-refractivity contribution < 1.29 is 9.90 Å². The van der Waals surface area contributed by atoms with Crippen LogP contribution in [0.1, 0.15) is 18.4 Å². The zero-order chi connectivity index (χ0) is 20.7. The summed E-state index contributed by atoms with van der Waals surface area (Å²) in [5.74, 6) is 0.0854. The summed E-state index contributed by atoms with van der Waals surface area (Å²) in [6.07, 6.45) is 5.04. The van der Waals surface area contributed by atoms with Gasteiger partial charge < -0.3 is 14.9 Å². The highest BCUT2D eigenvalue weighted by atomic mass is 16.3. The fourth-order valence-corrected chi connectivity index (χ4v) is 4.55. The maximum atomic E-state index is 12.8. The lowest BCUT2D eigenvalue weighted by molar-refractivity contribution is -0.134. The molecule has 0 bridgehead atoms. The number of benzene rings is 1. The van der Waals surface area contributed by atoms with Crippen molar-refractivity contribution in [3.63, 3.8) is 0 Å². The molecule has 30 heavy (non-hydrogen) atoms. The van der Waals surface area contributed by atoms with Crippen molar-refractivity contribution in [3.8, 4) is 0 Å². The quantitative estimate of drug-likeness (QED) is 0.695. The van der Waals surface area contributed by atoms with Crippen LogP contribution in [0.15, 0.2) is 53.7 Å². The number of likely N-dealkylation sites (tertiary alicyclic amines) is 1. The number of piperidine rings is 1. The number of aromatic nitrogens is 3. The van der Waals surface area contributed by atoms with Gasteiger partial charge in [0.15, 0.2) is 0 Å². The Labute approximate surface area is 173 Å². The van der Waals surface area contributed by atoms with Crippen molar-refractivity contribution >= 4 is 17.1 Å². The molecule has 1 aromatic carbocycles. The third-order valence-corrected chi connectivity index (χ3v) is 6.34. The molecular weight excluding hydrogens is 382 g/mol. The van der Waals surface area contributed by atoms with Gasteiger partial charge in [-0.3, -0.25) is 14.2 Å². The second kappa shape index (κ2) is 7.28. The van der Waals surface area contributed by atoms with Crippen LogP contribution >= 0.6 is 0 Å². The van der Waals surface area contributed by atoms with Crippen LogP contribution in [0.2, 0.25) is 0 Å². The number of nitrogens with zero attached hydrogens (tertiary/aromatic N) is 5. The van der Waals surface area contributed by atoms with Gasteiger partial charge in [-0.15, -0.1) is 0 Å². The lowest BCUT2D eigenvalue weighted by atomic mass is 9.91. The molecule has 0 aliphatic carbocycles. The third-order valence-electron chi connectivity index (χ3n) is 6.34. The minimum absolute atomic E-state index is 0.0854. The van der Waals surface area contributed by atoms with E-state index in [1.165, 1.54) is 21.0 Å². The molecule has 1 N–H and O–H groups in total. The van der Waals surface area contributed by atoms with E-state index >= 15 is 0 Å². The number of aliphatic hydroxyl groups is 1. The number of hydrogen-bond donors (Lipinski definition) is 1. The number of hydrogen-bond acceptors (Lipinski definition) is 5. The van der Waals surface area contributed by atoms with E-state index in [2.05, 4.69) is 22.1 Å². The maximum Gasteiger partial charge on any atom is 0.277 e. The van der Waals surface area contributed by atoms with Gasteiger partial charge in [-0.05, 0) is 43.0 Å². The number of rotatable bonds is 4. The van der Waals surface area contributed by atoms with Crippen LogP contribution in [0.5, 0.6) is 0 Å². The zero-order valence-corrected chi connectivity index (χ0v) is 16.8. The summed E-state index contributed by atoms with van der Waals surface area (Å²) in [7, 11) is 0. The predicted molar refractivity (Wildman–Crippen MR) is 113 cm³/mol. The molecule has 0 saturated carbocycles.